The maximum atomic E-state index is 15.3. The number of hydrogen-bond acceptors (Lipinski definition) is 3. The van der Waals surface area contributed by atoms with Crippen molar-refractivity contribution in [3.8, 4) is 0 Å². The van der Waals surface area contributed by atoms with E-state index < -0.39 is 58.6 Å². The molecule has 0 aromatic heterocycles. The average molecular weight is 466 g/mol. The van der Waals surface area contributed by atoms with Crippen LogP contribution < -0.4 is 5.32 Å². The van der Waals surface area contributed by atoms with Gasteiger partial charge in [-0.25, -0.2) is 13.2 Å². The Labute approximate surface area is 177 Å². The largest absolute Gasteiger partial charge is 0.353 e. The number of benzene rings is 1. The molecular weight excluding hydrogens is 435 g/mol. The number of carbonyl (C=O) groups is 1. The highest BCUT2D eigenvalue weighted by Crippen LogP contribution is 2.52. The maximum absolute atomic E-state index is 15.3. The van der Waals surface area contributed by atoms with Gasteiger partial charge in [0.15, 0.2) is 0 Å². The molecule has 170 valence electrons. The lowest BCUT2D eigenvalue weighted by Crippen LogP contribution is -2.59. The second-order valence-corrected chi connectivity index (χ2v) is 15.8. The van der Waals surface area contributed by atoms with Crippen LogP contribution in [0.5, 0.6) is 0 Å². The molecule has 2 rings (SSSR count). The van der Waals surface area contributed by atoms with Crippen molar-refractivity contribution in [2.75, 3.05) is 5.75 Å². The van der Waals surface area contributed by atoms with Crippen LogP contribution in [0, 0.1) is 11.2 Å². The number of amides is 1. The van der Waals surface area contributed by atoms with E-state index in [4.69, 9.17) is 0 Å². The summed E-state index contributed by atoms with van der Waals surface area (Å²) in [5.41, 5.74) is -4.49. The van der Waals surface area contributed by atoms with Gasteiger partial charge in [-0.1, -0.05) is 38.7 Å². The average Bonchev–Trinajstić information content (AvgIpc) is 2.94. The highest BCUT2D eigenvalue weighted by atomic mass is 32.2. The third-order valence-corrected chi connectivity index (χ3v) is 9.29. The SMILES string of the molecule is CCC1(C(F)(F)[Si](C)(C)C)C[C@@H](CCC(CS(=O)(=O)O)c2cccc(F)c2)NC1=O. The molecule has 1 fully saturated rings. The first-order chi connectivity index (χ1) is 13.6. The zero-order chi connectivity index (χ0) is 23.0. The first-order valence-electron chi connectivity index (χ1n) is 10.0. The molecule has 1 amide bonds. The Balaban J connectivity index is 2.22. The molecule has 0 radical (unpaired) electrons. The lowest BCUT2D eigenvalue weighted by Gasteiger charge is -2.41. The Kier molecular flexibility index (Phi) is 7.15. The van der Waals surface area contributed by atoms with Crippen molar-refractivity contribution < 1.29 is 30.9 Å². The number of hydrogen-bond donors (Lipinski definition) is 2. The summed E-state index contributed by atoms with van der Waals surface area (Å²) in [6.45, 7) is 6.20. The van der Waals surface area contributed by atoms with Gasteiger partial charge in [-0.2, -0.15) is 8.42 Å². The van der Waals surface area contributed by atoms with Gasteiger partial charge in [0.05, 0.1) is 5.75 Å². The van der Waals surface area contributed by atoms with Crippen molar-refractivity contribution in [2.24, 2.45) is 5.41 Å². The van der Waals surface area contributed by atoms with Gasteiger partial charge in [0.1, 0.15) is 19.3 Å². The van der Waals surface area contributed by atoms with E-state index in [2.05, 4.69) is 5.32 Å². The van der Waals surface area contributed by atoms with Crippen molar-refractivity contribution in [3.63, 3.8) is 0 Å². The predicted molar refractivity (Wildman–Crippen MR) is 112 cm³/mol. The Morgan fingerprint density at radius 3 is 2.47 bits per heavy atom. The van der Waals surface area contributed by atoms with Crippen molar-refractivity contribution in [1.29, 1.82) is 0 Å². The van der Waals surface area contributed by atoms with E-state index in [9.17, 15) is 22.2 Å². The molecular formula is C20H30F3NO4SSi. The van der Waals surface area contributed by atoms with Gasteiger partial charge in [-0.3, -0.25) is 9.35 Å². The summed E-state index contributed by atoms with van der Waals surface area (Å²) in [5, 5.41) is 2.67. The lowest BCUT2D eigenvalue weighted by atomic mass is 9.80. The number of carbonyl (C=O) groups excluding carboxylic acids is 1. The maximum Gasteiger partial charge on any atom is 0.265 e. The van der Waals surface area contributed by atoms with Gasteiger partial charge >= 0.3 is 0 Å². The Hall–Kier alpha value is -1.39. The Morgan fingerprint density at radius 1 is 1.33 bits per heavy atom. The number of alkyl halides is 2. The predicted octanol–water partition coefficient (Wildman–Crippen LogP) is 4.37. The Morgan fingerprint density at radius 2 is 1.97 bits per heavy atom. The molecule has 3 atom stereocenters. The first-order valence-corrected chi connectivity index (χ1v) is 15.1. The van der Waals surface area contributed by atoms with Crippen LogP contribution in [-0.2, 0) is 14.9 Å². The topological polar surface area (TPSA) is 83.5 Å². The molecule has 2 unspecified atom stereocenters. The summed E-state index contributed by atoms with van der Waals surface area (Å²) >= 11 is 0. The molecule has 1 heterocycles. The minimum atomic E-state index is -4.34. The van der Waals surface area contributed by atoms with E-state index in [1.807, 2.05) is 0 Å². The van der Waals surface area contributed by atoms with Crippen molar-refractivity contribution in [1.82, 2.24) is 5.32 Å². The highest BCUT2D eigenvalue weighted by Gasteiger charge is 2.66. The summed E-state index contributed by atoms with van der Waals surface area (Å²) in [5.74, 6) is -2.54. The molecule has 1 aromatic carbocycles. The summed E-state index contributed by atoms with van der Waals surface area (Å²) < 4.78 is 76.3. The fourth-order valence-electron chi connectivity index (χ4n) is 4.34. The van der Waals surface area contributed by atoms with Gasteiger partial charge in [0.2, 0.25) is 11.5 Å². The van der Waals surface area contributed by atoms with E-state index in [0.717, 1.165) is 0 Å². The van der Waals surface area contributed by atoms with Crippen LogP contribution in [0.1, 0.15) is 44.1 Å². The Bertz CT molecular complexity index is 888. The summed E-state index contributed by atoms with van der Waals surface area (Å²) in [4.78, 5) is 12.7. The smallest absolute Gasteiger partial charge is 0.265 e. The standard InChI is InChI=1S/C20H30F3NO4SSi/c1-5-19(20(22,23)30(2,3)4)12-17(24-18(19)25)10-9-15(13-29(26,27)28)14-7-6-8-16(21)11-14/h6-8,11,15,17H,5,9-10,12-13H2,1-4H3,(H,24,25)(H,26,27,28)/t15?,17-,19?/m1/s1. The van der Waals surface area contributed by atoms with Crippen molar-refractivity contribution in [3.05, 3.63) is 35.6 Å². The second-order valence-electron chi connectivity index (χ2n) is 9.21. The van der Waals surface area contributed by atoms with Crippen LogP contribution in [-0.4, -0.2) is 44.3 Å². The minimum absolute atomic E-state index is 0.00491. The number of halogens is 3. The number of nitrogens with one attached hydrogen (secondary N) is 1. The normalized spacial score (nSPS) is 24.0. The minimum Gasteiger partial charge on any atom is -0.353 e. The summed E-state index contributed by atoms with van der Waals surface area (Å²) in [6.07, 6.45) is 0.394. The van der Waals surface area contributed by atoms with Crippen LogP contribution in [0.4, 0.5) is 13.2 Å². The monoisotopic (exact) mass is 465 g/mol. The zero-order valence-electron chi connectivity index (χ0n) is 17.7. The number of rotatable bonds is 9. The molecule has 10 heteroatoms. The molecule has 1 aliphatic heterocycles. The highest BCUT2D eigenvalue weighted by molar-refractivity contribution is 7.85. The molecule has 0 bridgehead atoms. The van der Waals surface area contributed by atoms with E-state index in [1.54, 1.807) is 13.0 Å². The molecule has 1 aromatic rings. The fourth-order valence-corrected chi connectivity index (χ4v) is 7.04. The van der Waals surface area contributed by atoms with Gasteiger partial charge in [-0.15, -0.1) is 0 Å². The van der Waals surface area contributed by atoms with E-state index in [1.165, 1.54) is 37.8 Å². The molecule has 2 N–H and O–H groups in total. The zero-order valence-corrected chi connectivity index (χ0v) is 19.5. The third kappa shape index (κ3) is 5.08. The summed E-state index contributed by atoms with van der Waals surface area (Å²) in [6, 6.07) is 4.87. The van der Waals surface area contributed by atoms with Gasteiger partial charge in [0, 0.05) is 12.0 Å². The van der Waals surface area contributed by atoms with Crippen LogP contribution in [0.25, 0.3) is 0 Å². The van der Waals surface area contributed by atoms with Crippen molar-refractivity contribution >= 4 is 24.1 Å². The van der Waals surface area contributed by atoms with Crippen LogP contribution in [0.2, 0.25) is 19.6 Å². The molecule has 0 saturated carbocycles. The van der Waals surface area contributed by atoms with Crippen LogP contribution >= 0.6 is 0 Å². The molecule has 1 aliphatic rings. The molecule has 0 spiro atoms. The molecule has 30 heavy (non-hydrogen) atoms. The molecule has 1 saturated heterocycles. The third-order valence-electron chi connectivity index (χ3n) is 6.11. The van der Waals surface area contributed by atoms with Gasteiger partial charge < -0.3 is 5.32 Å². The van der Waals surface area contributed by atoms with Gasteiger partial charge in [0.25, 0.3) is 10.1 Å². The van der Waals surface area contributed by atoms with Crippen LogP contribution in [0.3, 0.4) is 0 Å². The lowest BCUT2D eigenvalue weighted by molar-refractivity contribution is -0.142. The van der Waals surface area contributed by atoms with Crippen molar-refractivity contribution in [2.45, 2.75) is 69.8 Å². The fraction of sp³-hybridized carbons (Fsp3) is 0.650. The van der Waals surface area contributed by atoms with E-state index in [-0.39, 0.29) is 25.7 Å². The van der Waals surface area contributed by atoms with E-state index in [0.29, 0.717) is 5.56 Å². The van der Waals surface area contributed by atoms with Crippen LogP contribution in [0.15, 0.2) is 24.3 Å². The molecule has 5 nitrogen and oxygen atoms in total. The molecule has 0 aliphatic carbocycles. The first kappa shape index (κ1) is 24.9. The summed E-state index contributed by atoms with van der Waals surface area (Å²) in [7, 11) is -7.33. The van der Waals surface area contributed by atoms with Gasteiger partial charge in [-0.05, 0) is 43.4 Å². The van der Waals surface area contributed by atoms with E-state index >= 15 is 8.78 Å². The second kappa shape index (κ2) is 8.62. The quantitative estimate of drug-likeness (QED) is 0.419.